The van der Waals surface area contributed by atoms with E-state index in [0.717, 1.165) is 34.5 Å². The Morgan fingerprint density at radius 1 is 1.09 bits per heavy atom. The van der Waals surface area contributed by atoms with Crippen molar-refractivity contribution < 1.29 is 0 Å². The maximum absolute atomic E-state index is 6.22. The van der Waals surface area contributed by atoms with Crippen LogP contribution in [-0.4, -0.2) is 9.55 Å². The van der Waals surface area contributed by atoms with Crippen LogP contribution in [0.5, 0.6) is 0 Å². The van der Waals surface area contributed by atoms with E-state index in [2.05, 4.69) is 22.2 Å². The third-order valence-corrected chi connectivity index (χ3v) is 4.17. The van der Waals surface area contributed by atoms with Crippen molar-refractivity contribution in [3.63, 3.8) is 0 Å². The van der Waals surface area contributed by atoms with Crippen molar-refractivity contribution in [3.05, 3.63) is 76.0 Å². The van der Waals surface area contributed by atoms with E-state index in [1.165, 1.54) is 0 Å². The second-order valence-corrected chi connectivity index (χ2v) is 6.29. The van der Waals surface area contributed by atoms with Crippen molar-refractivity contribution in [1.29, 1.82) is 0 Å². The summed E-state index contributed by atoms with van der Waals surface area (Å²) in [4.78, 5) is 4.69. The molecule has 0 aliphatic carbocycles. The highest BCUT2D eigenvalue weighted by Gasteiger charge is 2.09. The molecule has 0 atom stereocenters. The van der Waals surface area contributed by atoms with Crippen molar-refractivity contribution in [2.45, 2.75) is 13.5 Å². The molecule has 2 aromatic carbocycles. The van der Waals surface area contributed by atoms with E-state index in [0.29, 0.717) is 10.0 Å². The van der Waals surface area contributed by atoms with E-state index in [4.69, 9.17) is 23.2 Å². The molecule has 4 heteroatoms. The Kier molecular flexibility index (Phi) is 4.56. The molecular weight excluding hydrogens is 327 g/mol. The number of hydrogen-bond donors (Lipinski definition) is 0. The lowest BCUT2D eigenvalue weighted by molar-refractivity contribution is 0.801. The van der Waals surface area contributed by atoms with E-state index in [1.54, 1.807) is 0 Å². The number of halogens is 2. The van der Waals surface area contributed by atoms with Crippen molar-refractivity contribution in [1.82, 2.24) is 9.55 Å². The second kappa shape index (κ2) is 6.61. The monoisotopic (exact) mass is 342 g/mol. The maximum atomic E-state index is 6.22. The van der Waals surface area contributed by atoms with Gasteiger partial charge in [-0.25, -0.2) is 4.98 Å². The average Bonchev–Trinajstić information content (AvgIpc) is 2.84. The molecule has 0 N–H and O–H groups in total. The largest absolute Gasteiger partial charge is 0.320 e. The molecule has 0 amide bonds. The van der Waals surface area contributed by atoms with Crippen LogP contribution in [0, 0.1) is 0 Å². The molecule has 0 saturated carbocycles. The molecule has 116 valence electrons. The number of aromatic nitrogens is 2. The lowest BCUT2D eigenvalue weighted by Gasteiger charge is -2.07. The Labute approximate surface area is 145 Å². The fourth-order valence-electron chi connectivity index (χ4n) is 2.49. The number of nitrogens with zero attached hydrogens (tertiary/aromatic N) is 2. The SMILES string of the molecule is C=C(C)Cn1c(/C=C/c2c(Cl)cccc2Cl)nc2ccccc21. The van der Waals surface area contributed by atoms with Crippen LogP contribution in [0.25, 0.3) is 23.2 Å². The highest BCUT2D eigenvalue weighted by Crippen LogP contribution is 2.27. The van der Waals surface area contributed by atoms with Gasteiger partial charge in [0.25, 0.3) is 0 Å². The molecule has 0 unspecified atom stereocenters. The zero-order valence-corrected chi connectivity index (χ0v) is 14.3. The molecule has 0 aliphatic heterocycles. The summed E-state index contributed by atoms with van der Waals surface area (Å²) >= 11 is 12.4. The standard InChI is InChI=1S/C19H16Cl2N2/c1-13(2)12-23-18-9-4-3-8-17(18)22-19(23)11-10-14-15(20)6-5-7-16(14)21/h3-11H,1,12H2,2H3/b11-10+. The molecule has 0 saturated heterocycles. The average molecular weight is 343 g/mol. The summed E-state index contributed by atoms with van der Waals surface area (Å²) in [6, 6.07) is 13.5. The topological polar surface area (TPSA) is 17.8 Å². The number of benzene rings is 2. The molecule has 1 heterocycles. The molecular formula is C19H16Cl2N2. The zero-order valence-electron chi connectivity index (χ0n) is 12.8. The van der Waals surface area contributed by atoms with Gasteiger partial charge in [0, 0.05) is 22.2 Å². The minimum atomic E-state index is 0.622. The van der Waals surface area contributed by atoms with Crippen LogP contribution in [0.2, 0.25) is 10.0 Å². The first-order valence-corrected chi connectivity index (χ1v) is 8.03. The van der Waals surface area contributed by atoms with E-state index >= 15 is 0 Å². The lowest BCUT2D eigenvalue weighted by atomic mass is 10.2. The van der Waals surface area contributed by atoms with E-state index in [1.807, 2.05) is 55.5 Å². The summed E-state index contributed by atoms with van der Waals surface area (Å²) < 4.78 is 2.14. The molecule has 3 rings (SSSR count). The van der Waals surface area contributed by atoms with E-state index < -0.39 is 0 Å². The number of para-hydroxylation sites is 2. The summed E-state index contributed by atoms with van der Waals surface area (Å²) in [7, 11) is 0. The summed E-state index contributed by atoms with van der Waals surface area (Å²) in [6.45, 7) is 6.74. The van der Waals surface area contributed by atoms with Crippen LogP contribution in [-0.2, 0) is 6.54 Å². The first-order chi connectivity index (χ1) is 11.1. The molecule has 1 aromatic heterocycles. The maximum Gasteiger partial charge on any atom is 0.134 e. The van der Waals surface area contributed by atoms with Crippen molar-refractivity contribution >= 4 is 46.4 Å². The van der Waals surface area contributed by atoms with Crippen LogP contribution >= 0.6 is 23.2 Å². The Morgan fingerprint density at radius 2 is 1.78 bits per heavy atom. The van der Waals surface area contributed by atoms with Crippen LogP contribution in [0.1, 0.15) is 18.3 Å². The van der Waals surface area contributed by atoms with Gasteiger partial charge in [-0.05, 0) is 43.3 Å². The first-order valence-electron chi connectivity index (χ1n) is 7.28. The molecule has 23 heavy (non-hydrogen) atoms. The van der Waals surface area contributed by atoms with Crippen LogP contribution in [0.3, 0.4) is 0 Å². The van der Waals surface area contributed by atoms with Gasteiger partial charge in [-0.3, -0.25) is 0 Å². The van der Waals surface area contributed by atoms with Gasteiger partial charge in [0.2, 0.25) is 0 Å². The number of fused-ring (bicyclic) bond motifs is 1. The molecule has 2 nitrogen and oxygen atoms in total. The molecule has 0 bridgehead atoms. The minimum Gasteiger partial charge on any atom is -0.320 e. The Bertz CT molecular complexity index is 887. The van der Waals surface area contributed by atoms with Crippen molar-refractivity contribution in [2.24, 2.45) is 0 Å². The lowest BCUT2D eigenvalue weighted by Crippen LogP contribution is -2.01. The fourth-order valence-corrected chi connectivity index (χ4v) is 3.01. The number of rotatable bonds is 4. The van der Waals surface area contributed by atoms with E-state index in [9.17, 15) is 0 Å². The summed E-state index contributed by atoms with van der Waals surface area (Å²) in [5.41, 5.74) is 3.91. The Morgan fingerprint density at radius 3 is 2.48 bits per heavy atom. The van der Waals surface area contributed by atoms with Gasteiger partial charge in [0.15, 0.2) is 0 Å². The predicted octanol–water partition coefficient (Wildman–Crippen LogP) is 6.09. The fraction of sp³-hybridized carbons (Fsp3) is 0.105. The van der Waals surface area contributed by atoms with Gasteiger partial charge in [0.1, 0.15) is 5.82 Å². The van der Waals surface area contributed by atoms with Gasteiger partial charge >= 0.3 is 0 Å². The highest BCUT2D eigenvalue weighted by molar-refractivity contribution is 6.37. The predicted molar refractivity (Wildman–Crippen MR) is 99.9 cm³/mol. The highest BCUT2D eigenvalue weighted by atomic mass is 35.5. The van der Waals surface area contributed by atoms with Gasteiger partial charge < -0.3 is 4.57 Å². The third kappa shape index (κ3) is 3.34. The van der Waals surface area contributed by atoms with Gasteiger partial charge in [-0.1, -0.05) is 53.6 Å². The van der Waals surface area contributed by atoms with Crippen LogP contribution < -0.4 is 0 Å². The number of hydrogen-bond acceptors (Lipinski definition) is 1. The zero-order chi connectivity index (χ0) is 16.4. The normalized spacial score (nSPS) is 11.4. The summed E-state index contributed by atoms with van der Waals surface area (Å²) in [5.74, 6) is 0.852. The van der Waals surface area contributed by atoms with Crippen molar-refractivity contribution in [2.75, 3.05) is 0 Å². The van der Waals surface area contributed by atoms with Gasteiger partial charge in [0.05, 0.1) is 11.0 Å². The minimum absolute atomic E-state index is 0.622. The summed E-state index contributed by atoms with van der Waals surface area (Å²) in [5, 5.41) is 1.24. The molecule has 3 aromatic rings. The Hall–Kier alpha value is -2.03. The van der Waals surface area contributed by atoms with Crippen LogP contribution in [0.15, 0.2) is 54.6 Å². The van der Waals surface area contributed by atoms with Gasteiger partial charge in [-0.15, -0.1) is 0 Å². The quantitative estimate of drug-likeness (QED) is 0.524. The molecule has 0 spiro atoms. The van der Waals surface area contributed by atoms with Gasteiger partial charge in [-0.2, -0.15) is 0 Å². The number of imidazole rings is 1. The summed E-state index contributed by atoms with van der Waals surface area (Å²) in [6.07, 6.45) is 3.84. The Balaban J connectivity index is 2.09. The van der Waals surface area contributed by atoms with E-state index in [-0.39, 0.29) is 0 Å². The van der Waals surface area contributed by atoms with Crippen LogP contribution in [0.4, 0.5) is 0 Å². The second-order valence-electron chi connectivity index (χ2n) is 5.47. The molecule has 0 aliphatic rings. The first kappa shape index (κ1) is 15.9. The van der Waals surface area contributed by atoms with Crippen molar-refractivity contribution in [3.8, 4) is 0 Å². The third-order valence-electron chi connectivity index (χ3n) is 3.51. The number of allylic oxidation sites excluding steroid dienone is 1. The molecule has 0 radical (unpaired) electrons. The molecule has 0 fully saturated rings. The smallest absolute Gasteiger partial charge is 0.134 e.